The van der Waals surface area contributed by atoms with Crippen LogP contribution in [0, 0.1) is 25.6 Å². The normalized spacial score (nSPS) is 16.2. The maximum Gasteiger partial charge on any atom is 0.335 e. The summed E-state index contributed by atoms with van der Waals surface area (Å²) < 4.78 is 26.8. The van der Waals surface area contributed by atoms with Gasteiger partial charge >= 0.3 is 5.97 Å². The second kappa shape index (κ2) is 11.2. The fourth-order valence-electron chi connectivity index (χ4n) is 6.05. The molecular formula is C33H35F2NO2. The Hall–Kier alpha value is -3.31. The van der Waals surface area contributed by atoms with Crippen LogP contribution in [0.1, 0.15) is 68.6 Å². The van der Waals surface area contributed by atoms with Crippen LogP contribution in [0.3, 0.4) is 0 Å². The largest absolute Gasteiger partial charge is 0.478 e. The minimum absolute atomic E-state index is 0.197. The fourth-order valence-corrected chi connectivity index (χ4v) is 6.05. The fraction of sp³-hybridized carbons (Fsp3) is 0.364. The lowest BCUT2D eigenvalue weighted by atomic mass is 9.84. The minimum Gasteiger partial charge on any atom is -0.478 e. The molecule has 198 valence electrons. The number of likely N-dealkylation sites (tertiary alicyclic amines) is 1. The number of hydrogen-bond donors (Lipinski definition) is 1. The molecule has 1 aliphatic carbocycles. The molecule has 0 radical (unpaired) electrons. The lowest BCUT2D eigenvalue weighted by molar-refractivity contribution is 0.0696. The van der Waals surface area contributed by atoms with Crippen LogP contribution in [0.25, 0.3) is 11.1 Å². The average Bonchev–Trinajstić information content (AvgIpc) is 3.08. The molecule has 1 N–H and O–H groups in total. The van der Waals surface area contributed by atoms with Gasteiger partial charge < -0.3 is 10.0 Å². The van der Waals surface area contributed by atoms with Crippen LogP contribution < -0.4 is 0 Å². The number of benzene rings is 3. The average molecular weight is 516 g/mol. The minimum atomic E-state index is -0.920. The first-order valence-electron chi connectivity index (χ1n) is 13.6. The van der Waals surface area contributed by atoms with Crippen LogP contribution >= 0.6 is 0 Å². The standard InChI is InChI=1S/C33H35F2NO2/c1-21-22(2)31(35)14-13-28(21)30-6-3-5-26-18-27(33(37)38)11-12-29(26)32(30)25-9-7-23(8-10-25)17-24-19-36(20-24)16-4-15-34/h7-14,18,24H,3-6,15-17,19-20H2,1-2H3,(H,37,38). The summed E-state index contributed by atoms with van der Waals surface area (Å²) in [6, 6.07) is 17.6. The summed E-state index contributed by atoms with van der Waals surface area (Å²) in [6.45, 7) is 6.45. The third-order valence-electron chi connectivity index (χ3n) is 8.25. The Morgan fingerprint density at radius 1 is 0.974 bits per heavy atom. The van der Waals surface area contributed by atoms with E-state index in [2.05, 4.69) is 29.2 Å². The smallest absolute Gasteiger partial charge is 0.335 e. The van der Waals surface area contributed by atoms with Crippen molar-refractivity contribution in [2.45, 2.75) is 46.0 Å². The van der Waals surface area contributed by atoms with E-state index in [0.29, 0.717) is 23.5 Å². The summed E-state index contributed by atoms with van der Waals surface area (Å²) >= 11 is 0. The molecule has 5 rings (SSSR count). The van der Waals surface area contributed by atoms with Crippen molar-refractivity contribution in [2.75, 3.05) is 26.3 Å². The van der Waals surface area contributed by atoms with Crippen LogP contribution in [0.4, 0.5) is 8.78 Å². The van der Waals surface area contributed by atoms with Gasteiger partial charge in [-0.05, 0) is 120 Å². The lowest BCUT2D eigenvalue weighted by Crippen LogP contribution is -2.47. The molecule has 5 heteroatoms. The molecule has 0 aromatic heterocycles. The number of alkyl halides is 1. The molecule has 3 nitrogen and oxygen atoms in total. The molecule has 2 aliphatic rings. The highest BCUT2D eigenvalue weighted by atomic mass is 19.1. The summed E-state index contributed by atoms with van der Waals surface area (Å²) in [7, 11) is 0. The lowest BCUT2D eigenvalue weighted by Gasteiger charge is -2.39. The number of rotatable bonds is 8. The molecule has 0 unspecified atom stereocenters. The van der Waals surface area contributed by atoms with Crippen molar-refractivity contribution in [3.63, 3.8) is 0 Å². The Balaban J connectivity index is 1.53. The summed E-state index contributed by atoms with van der Waals surface area (Å²) in [5.74, 6) is -0.512. The Labute approximate surface area is 223 Å². The van der Waals surface area contributed by atoms with E-state index in [-0.39, 0.29) is 12.5 Å². The summed E-state index contributed by atoms with van der Waals surface area (Å²) in [6.07, 6.45) is 4.14. The summed E-state index contributed by atoms with van der Waals surface area (Å²) in [5.41, 5.74) is 9.73. The van der Waals surface area contributed by atoms with Gasteiger partial charge in [0.25, 0.3) is 0 Å². The highest BCUT2D eigenvalue weighted by Gasteiger charge is 2.27. The number of fused-ring (bicyclic) bond motifs is 1. The Morgan fingerprint density at radius 2 is 1.71 bits per heavy atom. The van der Waals surface area contributed by atoms with Crippen molar-refractivity contribution >= 4 is 17.1 Å². The van der Waals surface area contributed by atoms with E-state index in [4.69, 9.17) is 0 Å². The van der Waals surface area contributed by atoms with E-state index in [1.54, 1.807) is 12.1 Å². The van der Waals surface area contributed by atoms with Crippen molar-refractivity contribution in [3.05, 3.63) is 105 Å². The molecule has 0 saturated carbocycles. The highest BCUT2D eigenvalue weighted by Crippen LogP contribution is 2.41. The van der Waals surface area contributed by atoms with Crippen molar-refractivity contribution in [1.29, 1.82) is 0 Å². The maximum absolute atomic E-state index is 14.4. The van der Waals surface area contributed by atoms with E-state index < -0.39 is 5.97 Å². The van der Waals surface area contributed by atoms with Gasteiger partial charge in [0.05, 0.1) is 12.2 Å². The molecule has 0 bridgehead atoms. The summed E-state index contributed by atoms with van der Waals surface area (Å²) in [5, 5.41) is 9.58. The monoisotopic (exact) mass is 515 g/mol. The van der Waals surface area contributed by atoms with Crippen molar-refractivity contribution in [3.8, 4) is 0 Å². The van der Waals surface area contributed by atoms with Gasteiger partial charge in [-0.3, -0.25) is 4.39 Å². The number of carboxylic acids is 1. The first-order valence-corrected chi connectivity index (χ1v) is 13.6. The molecule has 3 aromatic rings. The van der Waals surface area contributed by atoms with Gasteiger partial charge in [-0.25, -0.2) is 9.18 Å². The van der Waals surface area contributed by atoms with Crippen molar-refractivity contribution in [2.24, 2.45) is 5.92 Å². The topological polar surface area (TPSA) is 40.5 Å². The Bertz CT molecular complexity index is 1370. The van der Waals surface area contributed by atoms with Crippen LogP contribution in [-0.4, -0.2) is 42.3 Å². The first kappa shape index (κ1) is 26.3. The number of halogens is 2. The molecule has 3 aromatic carbocycles. The van der Waals surface area contributed by atoms with Crippen molar-refractivity contribution in [1.82, 2.24) is 4.90 Å². The Morgan fingerprint density at radius 3 is 2.42 bits per heavy atom. The quantitative estimate of drug-likeness (QED) is 0.343. The second-order valence-corrected chi connectivity index (χ2v) is 10.8. The van der Waals surface area contributed by atoms with E-state index >= 15 is 0 Å². The molecule has 1 heterocycles. The van der Waals surface area contributed by atoms with Crippen LogP contribution in [0.2, 0.25) is 0 Å². The summed E-state index contributed by atoms with van der Waals surface area (Å²) in [4.78, 5) is 14.0. The number of aromatic carboxylic acids is 1. The van der Waals surface area contributed by atoms with E-state index in [1.165, 1.54) is 11.1 Å². The van der Waals surface area contributed by atoms with Gasteiger partial charge in [-0.15, -0.1) is 0 Å². The van der Waals surface area contributed by atoms with Gasteiger partial charge in [-0.1, -0.05) is 36.4 Å². The van der Waals surface area contributed by atoms with Gasteiger partial charge in [0, 0.05) is 19.6 Å². The van der Waals surface area contributed by atoms with Crippen LogP contribution in [0.5, 0.6) is 0 Å². The van der Waals surface area contributed by atoms with E-state index in [0.717, 1.165) is 78.7 Å². The number of carboxylic acid groups (broad SMARTS) is 1. The number of allylic oxidation sites excluding steroid dienone is 1. The number of hydrogen-bond acceptors (Lipinski definition) is 2. The molecule has 1 aliphatic heterocycles. The molecule has 0 amide bonds. The number of aryl methyl sites for hydroxylation is 1. The number of nitrogens with zero attached hydrogens (tertiary/aromatic N) is 1. The molecule has 1 fully saturated rings. The zero-order valence-electron chi connectivity index (χ0n) is 22.2. The predicted molar refractivity (Wildman–Crippen MR) is 149 cm³/mol. The first-order chi connectivity index (χ1) is 18.4. The van der Waals surface area contributed by atoms with Crippen molar-refractivity contribution < 1.29 is 18.7 Å². The van der Waals surface area contributed by atoms with E-state index in [9.17, 15) is 18.7 Å². The molecule has 1 saturated heterocycles. The molecule has 0 atom stereocenters. The third-order valence-corrected chi connectivity index (χ3v) is 8.25. The zero-order chi connectivity index (χ0) is 26.8. The van der Waals surface area contributed by atoms with Gasteiger partial charge in [0.2, 0.25) is 0 Å². The highest BCUT2D eigenvalue weighted by molar-refractivity contribution is 6.01. The molecule has 38 heavy (non-hydrogen) atoms. The predicted octanol–water partition coefficient (Wildman–Crippen LogP) is 7.27. The SMILES string of the molecule is Cc1c(F)ccc(C2=C(c3ccc(CC4CN(CCCF)C4)cc3)c3ccc(C(=O)O)cc3CCC2)c1C. The number of carbonyl (C=O) groups is 1. The van der Waals surface area contributed by atoms with E-state index in [1.807, 2.05) is 32.0 Å². The van der Waals surface area contributed by atoms with Gasteiger partial charge in [0.15, 0.2) is 0 Å². The molecule has 0 spiro atoms. The third kappa shape index (κ3) is 5.30. The van der Waals surface area contributed by atoms with Gasteiger partial charge in [0.1, 0.15) is 5.82 Å². The molecular weight excluding hydrogens is 480 g/mol. The maximum atomic E-state index is 14.4. The van der Waals surface area contributed by atoms with Crippen LogP contribution in [-0.2, 0) is 12.8 Å². The zero-order valence-corrected chi connectivity index (χ0v) is 22.2. The van der Waals surface area contributed by atoms with Gasteiger partial charge in [-0.2, -0.15) is 0 Å². The Kier molecular flexibility index (Phi) is 7.75. The van der Waals surface area contributed by atoms with Crippen LogP contribution in [0.15, 0.2) is 54.6 Å². The second-order valence-electron chi connectivity index (χ2n) is 10.8.